The monoisotopic (exact) mass is 275 g/mol. The molecule has 3 heteroatoms. The third kappa shape index (κ3) is 2.47. The molecule has 0 unspecified atom stereocenters. The van der Waals surface area contributed by atoms with Gasteiger partial charge in [0, 0.05) is 11.3 Å². The summed E-state index contributed by atoms with van der Waals surface area (Å²) in [7, 11) is 0. The molecule has 0 spiro atoms. The van der Waals surface area contributed by atoms with E-state index in [0.29, 0.717) is 6.54 Å². The molecular formula is C13H10BrNO. The summed E-state index contributed by atoms with van der Waals surface area (Å²) in [5, 5.41) is 3.24. The highest BCUT2D eigenvalue weighted by atomic mass is 79.9. The Morgan fingerprint density at radius 3 is 2.94 bits per heavy atom. The van der Waals surface area contributed by atoms with Crippen molar-refractivity contribution in [3.05, 3.63) is 52.4 Å². The van der Waals surface area contributed by atoms with Gasteiger partial charge in [0.1, 0.15) is 5.76 Å². The van der Waals surface area contributed by atoms with E-state index < -0.39 is 0 Å². The van der Waals surface area contributed by atoms with Gasteiger partial charge in [-0.1, -0.05) is 12.0 Å². The molecule has 2 nitrogen and oxygen atoms in total. The zero-order valence-electron chi connectivity index (χ0n) is 8.53. The first-order chi connectivity index (χ1) is 7.79. The van der Waals surface area contributed by atoms with E-state index in [0.717, 1.165) is 21.5 Å². The van der Waals surface area contributed by atoms with E-state index in [-0.39, 0.29) is 0 Å². The Morgan fingerprint density at radius 2 is 2.25 bits per heavy atom. The van der Waals surface area contributed by atoms with Crippen LogP contribution < -0.4 is 5.32 Å². The predicted molar refractivity (Wildman–Crippen MR) is 68.1 cm³/mol. The first kappa shape index (κ1) is 10.8. The molecule has 0 atom stereocenters. The summed E-state index contributed by atoms with van der Waals surface area (Å²) in [6, 6.07) is 9.59. The third-order valence-electron chi connectivity index (χ3n) is 2.17. The molecular weight excluding hydrogens is 266 g/mol. The van der Waals surface area contributed by atoms with Crippen LogP contribution in [-0.2, 0) is 6.54 Å². The Balaban J connectivity index is 2.05. The third-order valence-corrected chi connectivity index (χ3v) is 2.88. The number of benzene rings is 1. The number of terminal acetylenes is 1. The van der Waals surface area contributed by atoms with Gasteiger partial charge in [-0.2, -0.15) is 0 Å². The fourth-order valence-electron chi connectivity index (χ4n) is 1.35. The Hall–Kier alpha value is -1.66. The number of hydrogen-bond donors (Lipinski definition) is 1. The highest BCUT2D eigenvalue weighted by Gasteiger charge is 2.02. The summed E-state index contributed by atoms with van der Waals surface area (Å²) in [4.78, 5) is 0. The summed E-state index contributed by atoms with van der Waals surface area (Å²) < 4.78 is 6.26. The van der Waals surface area contributed by atoms with Gasteiger partial charge in [-0.05, 0) is 40.2 Å². The van der Waals surface area contributed by atoms with Gasteiger partial charge >= 0.3 is 0 Å². The number of anilines is 1. The van der Waals surface area contributed by atoms with Gasteiger partial charge in [0.25, 0.3) is 0 Å². The molecule has 1 heterocycles. The van der Waals surface area contributed by atoms with Gasteiger partial charge in [-0.3, -0.25) is 0 Å². The summed E-state index contributed by atoms with van der Waals surface area (Å²) in [6.07, 6.45) is 6.98. The average molecular weight is 276 g/mol. The maximum Gasteiger partial charge on any atom is 0.136 e. The van der Waals surface area contributed by atoms with Crippen LogP contribution in [0.5, 0.6) is 0 Å². The molecule has 0 fully saturated rings. The number of halogens is 1. The number of rotatable bonds is 3. The predicted octanol–water partition coefficient (Wildman–Crippen LogP) is 3.64. The van der Waals surface area contributed by atoms with E-state index in [2.05, 4.69) is 27.2 Å². The van der Waals surface area contributed by atoms with E-state index in [9.17, 15) is 0 Å². The van der Waals surface area contributed by atoms with E-state index in [1.807, 2.05) is 30.3 Å². The molecule has 80 valence electrons. The highest BCUT2D eigenvalue weighted by molar-refractivity contribution is 9.10. The second-order valence-corrected chi connectivity index (χ2v) is 4.12. The summed E-state index contributed by atoms with van der Waals surface area (Å²) in [6.45, 7) is 0.627. The Labute approximate surface area is 103 Å². The maximum atomic E-state index is 5.33. The van der Waals surface area contributed by atoms with Crippen molar-refractivity contribution in [3.63, 3.8) is 0 Å². The minimum atomic E-state index is 0.627. The van der Waals surface area contributed by atoms with Crippen LogP contribution in [0, 0.1) is 12.3 Å². The number of nitrogens with one attached hydrogen (secondary N) is 1. The van der Waals surface area contributed by atoms with Gasteiger partial charge in [0.05, 0.1) is 17.3 Å². The van der Waals surface area contributed by atoms with Crippen molar-refractivity contribution in [2.45, 2.75) is 6.54 Å². The normalized spacial score (nSPS) is 9.75. The van der Waals surface area contributed by atoms with Crippen LogP contribution in [0.1, 0.15) is 11.3 Å². The largest absolute Gasteiger partial charge is 0.466 e. The lowest BCUT2D eigenvalue weighted by atomic mass is 10.2. The Bertz CT molecular complexity index is 525. The van der Waals surface area contributed by atoms with Crippen LogP contribution in [0.4, 0.5) is 5.69 Å². The van der Waals surface area contributed by atoms with E-state index >= 15 is 0 Å². The van der Waals surface area contributed by atoms with Crippen molar-refractivity contribution in [2.75, 3.05) is 5.32 Å². The van der Waals surface area contributed by atoms with E-state index in [4.69, 9.17) is 10.8 Å². The number of furan rings is 1. The van der Waals surface area contributed by atoms with Gasteiger partial charge in [-0.15, -0.1) is 6.42 Å². The van der Waals surface area contributed by atoms with Crippen molar-refractivity contribution in [2.24, 2.45) is 0 Å². The summed E-state index contributed by atoms with van der Waals surface area (Å²) in [5.41, 5.74) is 1.85. The molecule has 0 aliphatic rings. The smallest absolute Gasteiger partial charge is 0.136 e. The van der Waals surface area contributed by atoms with Crippen molar-refractivity contribution < 1.29 is 4.42 Å². The van der Waals surface area contributed by atoms with Gasteiger partial charge in [0.15, 0.2) is 0 Å². The zero-order valence-corrected chi connectivity index (χ0v) is 10.1. The van der Waals surface area contributed by atoms with Crippen molar-refractivity contribution in [1.82, 2.24) is 0 Å². The molecule has 0 saturated heterocycles. The van der Waals surface area contributed by atoms with Crippen molar-refractivity contribution in [1.29, 1.82) is 0 Å². The Morgan fingerprint density at radius 1 is 1.38 bits per heavy atom. The minimum Gasteiger partial charge on any atom is -0.466 e. The van der Waals surface area contributed by atoms with Crippen LogP contribution in [0.15, 0.2) is 45.5 Å². The second kappa shape index (κ2) is 4.91. The SMILES string of the molecule is C#Cc1cccc(NCc2occc2Br)c1. The van der Waals surface area contributed by atoms with Crippen LogP contribution >= 0.6 is 15.9 Å². The molecule has 0 amide bonds. The number of hydrogen-bond acceptors (Lipinski definition) is 2. The van der Waals surface area contributed by atoms with Crippen molar-refractivity contribution in [3.8, 4) is 12.3 Å². The quantitative estimate of drug-likeness (QED) is 0.866. The van der Waals surface area contributed by atoms with Crippen LogP contribution in [0.25, 0.3) is 0 Å². The lowest BCUT2D eigenvalue weighted by Crippen LogP contribution is -1.98. The van der Waals surface area contributed by atoms with Crippen LogP contribution in [-0.4, -0.2) is 0 Å². The molecule has 2 aromatic rings. The summed E-state index contributed by atoms with van der Waals surface area (Å²) >= 11 is 3.40. The van der Waals surface area contributed by atoms with Gasteiger partial charge in [-0.25, -0.2) is 0 Å². The first-order valence-electron chi connectivity index (χ1n) is 4.82. The lowest BCUT2D eigenvalue weighted by Gasteiger charge is -2.05. The molecule has 1 aromatic carbocycles. The second-order valence-electron chi connectivity index (χ2n) is 3.27. The fourth-order valence-corrected chi connectivity index (χ4v) is 1.69. The Kier molecular flexibility index (Phi) is 3.33. The molecule has 2 rings (SSSR count). The molecule has 0 aliphatic carbocycles. The first-order valence-corrected chi connectivity index (χ1v) is 5.61. The maximum absolute atomic E-state index is 5.33. The standard InChI is InChI=1S/C13H10BrNO/c1-2-10-4-3-5-11(8-10)15-9-13-12(14)6-7-16-13/h1,3-8,15H,9H2. The molecule has 0 bridgehead atoms. The molecule has 0 aliphatic heterocycles. The average Bonchev–Trinajstić information content (AvgIpc) is 2.72. The molecule has 0 radical (unpaired) electrons. The molecule has 1 aromatic heterocycles. The van der Waals surface area contributed by atoms with Crippen LogP contribution in [0.2, 0.25) is 0 Å². The zero-order chi connectivity index (χ0) is 11.4. The lowest BCUT2D eigenvalue weighted by molar-refractivity contribution is 0.516. The van der Waals surface area contributed by atoms with Gasteiger partial charge < -0.3 is 9.73 Å². The van der Waals surface area contributed by atoms with Gasteiger partial charge in [0.2, 0.25) is 0 Å². The van der Waals surface area contributed by atoms with E-state index in [1.165, 1.54) is 0 Å². The molecule has 0 saturated carbocycles. The highest BCUT2D eigenvalue weighted by Crippen LogP contribution is 2.19. The van der Waals surface area contributed by atoms with Crippen LogP contribution in [0.3, 0.4) is 0 Å². The summed E-state index contributed by atoms with van der Waals surface area (Å²) in [5.74, 6) is 3.47. The minimum absolute atomic E-state index is 0.627. The molecule has 1 N–H and O–H groups in total. The van der Waals surface area contributed by atoms with Crippen molar-refractivity contribution >= 4 is 21.6 Å². The fraction of sp³-hybridized carbons (Fsp3) is 0.0769. The van der Waals surface area contributed by atoms with E-state index in [1.54, 1.807) is 6.26 Å². The molecule has 16 heavy (non-hydrogen) atoms. The topological polar surface area (TPSA) is 25.2 Å².